The van der Waals surface area contributed by atoms with Crippen molar-refractivity contribution in [3.63, 3.8) is 0 Å². The fourth-order valence-corrected chi connectivity index (χ4v) is 2.27. The molecule has 24 heavy (non-hydrogen) atoms. The smallest absolute Gasteiger partial charge is 0.406 e. The van der Waals surface area contributed by atoms with Gasteiger partial charge in [0.1, 0.15) is 11.5 Å². The second-order valence-corrected chi connectivity index (χ2v) is 5.52. The van der Waals surface area contributed by atoms with Gasteiger partial charge in [-0.05, 0) is 48.9 Å². The Balaban J connectivity index is 2.46. The quantitative estimate of drug-likeness (QED) is 0.735. The topological polar surface area (TPSA) is 43.4 Å². The van der Waals surface area contributed by atoms with Crippen LogP contribution in [0.4, 0.5) is 13.2 Å². The summed E-state index contributed by atoms with van der Waals surface area (Å²) in [5, 5.41) is 0.421. The lowest BCUT2D eigenvalue weighted by atomic mass is 9.95. The number of Topliss-reactive ketones (excluding diaryl/α,β-unsaturated/α-hetero) is 1. The first-order valence-corrected chi connectivity index (χ1v) is 7.22. The zero-order valence-electron chi connectivity index (χ0n) is 12.5. The van der Waals surface area contributed by atoms with E-state index in [1.807, 2.05) is 0 Å². The van der Waals surface area contributed by atoms with Crippen LogP contribution in [0.1, 0.15) is 28.4 Å². The van der Waals surface area contributed by atoms with Gasteiger partial charge in [-0.3, -0.25) is 9.59 Å². The van der Waals surface area contributed by atoms with Crippen LogP contribution in [0.25, 0.3) is 0 Å². The fraction of sp³-hybridized carbons (Fsp3) is 0.176. The van der Waals surface area contributed by atoms with E-state index in [1.165, 1.54) is 37.3 Å². The van der Waals surface area contributed by atoms with Gasteiger partial charge in [-0.1, -0.05) is 17.7 Å². The Labute approximate surface area is 141 Å². The number of ether oxygens (including phenoxy) is 1. The zero-order valence-corrected chi connectivity index (χ0v) is 13.2. The summed E-state index contributed by atoms with van der Waals surface area (Å²) in [5.41, 5.74) is 0.555. The zero-order chi connectivity index (χ0) is 17.9. The maximum Gasteiger partial charge on any atom is 0.573 e. The summed E-state index contributed by atoms with van der Waals surface area (Å²) in [6.45, 7) is 1.33. The van der Waals surface area contributed by atoms with Crippen molar-refractivity contribution < 1.29 is 27.5 Å². The molecule has 7 heteroatoms. The van der Waals surface area contributed by atoms with Crippen LogP contribution in [-0.2, 0) is 11.2 Å². The van der Waals surface area contributed by atoms with Gasteiger partial charge in [0, 0.05) is 22.6 Å². The van der Waals surface area contributed by atoms with E-state index in [0.29, 0.717) is 10.6 Å². The maximum atomic E-state index is 12.6. The predicted octanol–water partition coefficient (Wildman–Crippen LogP) is 4.60. The summed E-state index contributed by atoms with van der Waals surface area (Å²) in [7, 11) is 0. The standard InChI is InChI=1S/C17H12ClF3O3/c1-10(22)8-12-4-7-14(24-17(19,20)21)9-15(12)16(23)11-2-5-13(18)6-3-11/h2-7,9H,8H2,1H3. The summed E-state index contributed by atoms with van der Waals surface area (Å²) in [6, 6.07) is 9.25. The molecule has 0 atom stereocenters. The van der Waals surface area contributed by atoms with Crippen LogP contribution in [-0.4, -0.2) is 17.9 Å². The highest BCUT2D eigenvalue weighted by molar-refractivity contribution is 6.30. The van der Waals surface area contributed by atoms with Gasteiger partial charge in [-0.25, -0.2) is 0 Å². The largest absolute Gasteiger partial charge is 0.573 e. The number of benzene rings is 2. The van der Waals surface area contributed by atoms with Crippen molar-refractivity contribution in [1.29, 1.82) is 0 Å². The third-order valence-corrected chi connectivity index (χ3v) is 3.36. The molecule has 0 heterocycles. The van der Waals surface area contributed by atoms with Crippen LogP contribution >= 0.6 is 11.6 Å². The van der Waals surface area contributed by atoms with Crippen molar-refractivity contribution in [2.75, 3.05) is 0 Å². The molecule has 0 radical (unpaired) electrons. The maximum absolute atomic E-state index is 12.6. The Morgan fingerprint density at radius 1 is 1.08 bits per heavy atom. The number of halogens is 4. The van der Waals surface area contributed by atoms with Gasteiger partial charge >= 0.3 is 6.36 Å². The van der Waals surface area contributed by atoms with Crippen LogP contribution < -0.4 is 4.74 Å². The van der Waals surface area contributed by atoms with Crippen LogP contribution in [0, 0.1) is 0 Å². The molecule has 0 aliphatic carbocycles. The third kappa shape index (κ3) is 4.83. The summed E-state index contributed by atoms with van der Waals surface area (Å²) >= 11 is 5.76. The first-order valence-electron chi connectivity index (χ1n) is 6.84. The molecule has 0 spiro atoms. The Morgan fingerprint density at radius 2 is 1.71 bits per heavy atom. The lowest BCUT2D eigenvalue weighted by Crippen LogP contribution is -2.18. The monoisotopic (exact) mass is 356 g/mol. The fourth-order valence-electron chi connectivity index (χ4n) is 2.14. The van der Waals surface area contributed by atoms with E-state index in [-0.39, 0.29) is 23.3 Å². The molecule has 126 valence electrons. The molecule has 0 bridgehead atoms. The number of hydrogen-bond donors (Lipinski definition) is 0. The van der Waals surface area contributed by atoms with Crippen molar-refractivity contribution in [3.8, 4) is 5.75 Å². The highest BCUT2D eigenvalue weighted by Gasteiger charge is 2.31. The Bertz CT molecular complexity index is 768. The van der Waals surface area contributed by atoms with Crippen molar-refractivity contribution in [2.45, 2.75) is 19.7 Å². The highest BCUT2D eigenvalue weighted by Crippen LogP contribution is 2.27. The van der Waals surface area contributed by atoms with Gasteiger partial charge in [0.05, 0.1) is 0 Å². The normalized spacial score (nSPS) is 11.2. The molecule has 3 nitrogen and oxygen atoms in total. The second-order valence-electron chi connectivity index (χ2n) is 5.08. The molecule has 2 rings (SSSR count). The first-order chi connectivity index (χ1) is 11.2. The summed E-state index contributed by atoms with van der Waals surface area (Å²) in [6.07, 6.45) is -4.94. The molecule has 0 aliphatic heterocycles. The van der Waals surface area contributed by atoms with E-state index >= 15 is 0 Å². The van der Waals surface area contributed by atoms with E-state index in [9.17, 15) is 22.8 Å². The molecule has 0 unspecified atom stereocenters. The lowest BCUT2D eigenvalue weighted by Gasteiger charge is -2.13. The van der Waals surface area contributed by atoms with Gasteiger partial charge in [0.25, 0.3) is 0 Å². The van der Waals surface area contributed by atoms with Crippen LogP contribution in [0.3, 0.4) is 0 Å². The van der Waals surface area contributed by atoms with Gasteiger partial charge in [0.2, 0.25) is 0 Å². The number of alkyl halides is 3. The van der Waals surface area contributed by atoms with Crippen molar-refractivity contribution in [3.05, 3.63) is 64.2 Å². The third-order valence-electron chi connectivity index (χ3n) is 3.11. The second kappa shape index (κ2) is 7.05. The predicted molar refractivity (Wildman–Crippen MR) is 82.4 cm³/mol. The van der Waals surface area contributed by atoms with E-state index in [4.69, 9.17) is 11.6 Å². The number of carbonyl (C=O) groups is 2. The van der Waals surface area contributed by atoms with E-state index < -0.39 is 17.9 Å². The van der Waals surface area contributed by atoms with Crippen molar-refractivity contribution in [2.24, 2.45) is 0 Å². The molecule has 2 aromatic rings. The molecule has 0 amide bonds. The molecule has 0 saturated heterocycles. The number of ketones is 2. The van der Waals surface area contributed by atoms with E-state index in [1.54, 1.807) is 0 Å². The molecular formula is C17H12ClF3O3. The molecule has 0 fully saturated rings. The summed E-state index contributed by atoms with van der Waals surface area (Å²) in [5.74, 6) is -1.26. The average molecular weight is 357 g/mol. The lowest BCUT2D eigenvalue weighted by molar-refractivity contribution is -0.274. The van der Waals surface area contributed by atoms with Crippen molar-refractivity contribution in [1.82, 2.24) is 0 Å². The van der Waals surface area contributed by atoms with E-state index in [2.05, 4.69) is 4.74 Å². The SMILES string of the molecule is CC(=O)Cc1ccc(OC(F)(F)F)cc1C(=O)c1ccc(Cl)cc1. The minimum atomic E-state index is -4.87. The molecular weight excluding hydrogens is 345 g/mol. The van der Waals surface area contributed by atoms with Gasteiger partial charge in [-0.15, -0.1) is 13.2 Å². The average Bonchev–Trinajstić information content (AvgIpc) is 2.47. The summed E-state index contributed by atoms with van der Waals surface area (Å²) in [4.78, 5) is 23.9. The van der Waals surface area contributed by atoms with Crippen LogP contribution in [0.2, 0.25) is 5.02 Å². The minimum Gasteiger partial charge on any atom is -0.406 e. The summed E-state index contributed by atoms with van der Waals surface area (Å²) < 4.78 is 41.0. The Morgan fingerprint density at radius 3 is 2.25 bits per heavy atom. The molecule has 0 aliphatic rings. The molecule has 0 N–H and O–H groups in total. The molecule has 2 aromatic carbocycles. The number of hydrogen-bond acceptors (Lipinski definition) is 3. The van der Waals surface area contributed by atoms with Crippen LogP contribution in [0.5, 0.6) is 5.75 Å². The van der Waals surface area contributed by atoms with Crippen LogP contribution in [0.15, 0.2) is 42.5 Å². The number of rotatable bonds is 5. The Kier molecular flexibility index (Phi) is 5.29. The Hall–Kier alpha value is -2.34. The van der Waals surface area contributed by atoms with Gasteiger partial charge < -0.3 is 4.74 Å². The van der Waals surface area contributed by atoms with Gasteiger partial charge in [-0.2, -0.15) is 0 Å². The molecule has 0 saturated carbocycles. The highest BCUT2D eigenvalue weighted by atomic mass is 35.5. The molecule has 0 aromatic heterocycles. The van der Waals surface area contributed by atoms with E-state index in [0.717, 1.165) is 12.1 Å². The van der Waals surface area contributed by atoms with Gasteiger partial charge in [0.15, 0.2) is 5.78 Å². The number of carbonyl (C=O) groups excluding carboxylic acids is 2. The minimum absolute atomic E-state index is 0.0192. The first kappa shape index (κ1) is 18.0. The van der Waals surface area contributed by atoms with Crippen molar-refractivity contribution >= 4 is 23.2 Å².